The summed E-state index contributed by atoms with van der Waals surface area (Å²) in [5.74, 6) is -2.79. The van der Waals surface area contributed by atoms with Crippen LogP contribution in [0.15, 0.2) is 42.5 Å². The zero-order valence-electron chi connectivity index (χ0n) is 21.2. The summed E-state index contributed by atoms with van der Waals surface area (Å²) in [5, 5.41) is 10.8. The van der Waals surface area contributed by atoms with E-state index in [4.69, 9.17) is 4.74 Å². The van der Waals surface area contributed by atoms with Crippen molar-refractivity contribution in [1.82, 2.24) is 21.3 Å². The molecule has 10 heteroatoms. The largest absolute Gasteiger partial charge is 0.463 e. The molecule has 2 aliphatic rings. The van der Waals surface area contributed by atoms with Crippen molar-refractivity contribution < 1.29 is 28.7 Å². The molecule has 0 bridgehead atoms. The highest BCUT2D eigenvalue weighted by Crippen LogP contribution is 2.25. The molecule has 0 aromatic heterocycles. The number of hydrogen-bond acceptors (Lipinski definition) is 6. The number of ether oxygens (including phenoxy) is 1. The second kappa shape index (κ2) is 14.2. The van der Waals surface area contributed by atoms with Crippen molar-refractivity contribution in [2.75, 3.05) is 19.7 Å². The monoisotopic (exact) mass is 512 g/mol. The first kappa shape index (κ1) is 27.9. The van der Waals surface area contributed by atoms with Gasteiger partial charge in [-0.15, -0.1) is 0 Å². The molecule has 2 fully saturated rings. The van der Waals surface area contributed by atoms with Gasteiger partial charge in [-0.3, -0.25) is 19.2 Å². The molecule has 10 nitrogen and oxygen atoms in total. The molecule has 37 heavy (non-hydrogen) atoms. The number of carbonyl (C=O) groups is 5. The normalized spacial score (nSPS) is 18.8. The minimum Gasteiger partial charge on any atom is -0.463 e. The lowest BCUT2D eigenvalue weighted by Gasteiger charge is -2.25. The number of rotatable bonds is 12. The van der Waals surface area contributed by atoms with E-state index < -0.39 is 35.8 Å². The lowest BCUT2D eigenvalue weighted by atomic mass is 9.85. The molecule has 1 saturated carbocycles. The number of nitrogens with one attached hydrogen (secondary N) is 4. The van der Waals surface area contributed by atoms with E-state index in [1.807, 2.05) is 30.3 Å². The average Bonchev–Trinajstić information content (AvgIpc) is 3.25. The summed E-state index contributed by atoms with van der Waals surface area (Å²) in [5.41, 5.74) is 0.798. The van der Waals surface area contributed by atoms with Gasteiger partial charge in [0, 0.05) is 37.5 Å². The van der Waals surface area contributed by atoms with Crippen LogP contribution < -0.4 is 21.3 Å². The van der Waals surface area contributed by atoms with Crippen LogP contribution in [-0.2, 0) is 35.1 Å². The molecule has 1 saturated heterocycles. The molecule has 1 aliphatic heterocycles. The molecule has 1 aromatic rings. The standard InChI is InChI=1S/C27H36N4O6/c1-2-37-23(32)12-11-21(16-20-13-14-28-24(20)33)30-25(34)22(15-18-7-4-3-5-8-18)31-27(36)26(35)29-17-19-9-6-10-19/h3-5,7-8,11-12,19-22H,2,6,9-10,13-17H2,1H3,(H,28,33)(H,29,35)(H,30,34)(H,31,36)/b12-11-/t20-,21+,22-/m0/s1. The third-order valence-corrected chi connectivity index (χ3v) is 6.67. The van der Waals surface area contributed by atoms with Gasteiger partial charge in [-0.05, 0) is 44.1 Å². The molecule has 3 atom stereocenters. The molecule has 0 unspecified atom stereocenters. The first-order valence-corrected chi connectivity index (χ1v) is 12.9. The predicted octanol–water partition coefficient (Wildman–Crippen LogP) is 0.761. The number of benzene rings is 1. The van der Waals surface area contributed by atoms with Gasteiger partial charge in [-0.1, -0.05) is 42.8 Å². The van der Waals surface area contributed by atoms with Crippen molar-refractivity contribution in [1.29, 1.82) is 0 Å². The van der Waals surface area contributed by atoms with E-state index in [0.29, 0.717) is 25.4 Å². The lowest BCUT2D eigenvalue weighted by Crippen LogP contribution is -2.54. The van der Waals surface area contributed by atoms with Gasteiger partial charge < -0.3 is 26.0 Å². The maximum absolute atomic E-state index is 13.4. The zero-order chi connectivity index (χ0) is 26.6. The number of amides is 4. The topological polar surface area (TPSA) is 143 Å². The summed E-state index contributed by atoms with van der Waals surface area (Å²) in [6.07, 6.45) is 6.95. The average molecular weight is 513 g/mol. The van der Waals surface area contributed by atoms with Crippen molar-refractivity contribution in [2.45, 2.75) is 57.5 Å². The Morgan fingerprint density at radius 3 is 2.46 bits per heavy atom. The second-order valence-electron chi connectivity index (χ2n) is 9.46. The van der Waals surface area contributed by atoms with E-state index in [9.17, 15) is 24.0 Å². The van der Waals surface area contributed by atoms with Crippen LogP contribution in [0.4, 0.5) is 0 Å². The highest BCUT2D eigenvalue weighted by molar-refractivity contribution is 6.35. The van der Waals surface area contributed by atoms with Gasteiger partial charge in [0.25, 0.3) is 0 Å². The minimum atomic E-state index is -1.04. The lowest BCUT2D eigenvalue weighted by molar-refractivity contribution is -0.141. The van der Waals surface area contributed by atoms with Crippen molar-refractivity contribution in [3.8, 4) is 0 Å². The fourth-order valence-corrected chi connectivity index (χ4v) is 4.33. The van der Waals surface area contributed by atoms with Gasteiger partial charge in [0.1, 0.15) is 6.04 Å². The maximum atomic E-state index is 13.4. The summed E-state index contributed by atoms with van der Waals surface area (Å²) in [6, 6.07) is 7.43. The van der Waals surface area contributed by atoms with Crippen LogP contribution in [-0.4, -0.2) is 61.4 Å². The minimum absolute atomic E-state index is 0.110. The first-order chi connectivity index (χ1) is 17.9. The smallest absolute Gasteiger partial charge is 0.330 e. The van der Waals surface area contributed by atoms with Gasteiger partial charge in [0.2, 0.25) is 11.8 Å². The highest BCUT2D eigenvalue weighted by Gasteiger charge is 2.30. The number of esters is 1. The Morgan fingerprint density at radius 1 is 1.08 bits per heavy atom. The van der Waals surface area contributed by atoms with Crippen molar-refractivity contribution in [3.05, 3.63) is 48.0 Å². The molecule has 0 spiro atoms. The SMILES string of the molecule is CCOC(=O)/C=C\[C@H](C[C@@H]1CCNC1=O)NC(=O)[C@H](Cc1ccccc1)NC(=O)C(=O)NCC1CCC1. The third kappa shape index (κ3) is 9.04. The molecule has 1 heterocycles. The van der Waals surface area contributed by atoms with Crippen LogP contribution in [0.25, 0.3) is 0 Å². The third-order valence-electron chi connectivity index (χ3n) is 6.67. The van der Waals surface area contributed by atoms with Crippen LogP contribution in [0, 0.1) is 11.8 Å². The van der Waals surface area contributed by atoms with Crippen LogP contribution in [0.1, 0.15) is 44.6 Å². The Hall–Kier alpha value is -3.69. The van der Waals surface area contributed by atoms with Crippen LogP contribution in [0.2, 0.25) is 0 Å². The molecule has 3 rings (SSSR count). The Kier molecular flexibility index (Phi) is 10.7. The van der Waals surface area contributed by atoms with E-state index >= 15 is 0 Å². The quantitative estimate of drug-likeness (QED) is 0.185. The predicted molar refractivity (Wildman–Crippen MR) is 136 cm³/mol. The first-order valence-electron chi connectivity index (χ1n) is 12.9. The van der Waals surface area contributed by atoms with E-state index in [0.717, 1.165) is 24.8 Å². The second-order valence-corrected chi connectivity index (χ2v) is 9.46. The summed E-state index contributed by atoms with van der Waals surface area (Å²) < 4.78 is 4.93. The molecular formula is C27H36N4O6. The maximum Gasteiger partial charge on any atom is 0.330 e. The molecule has 4 amide bonds. The number of carbonyl (C=O) groups excluding carboxylic acids is 5. The van der Waals surface area contributed by atoms with Gasteiger partial charge in [0.05, 0.1) is 6.61 Å². The van der Waals surface area contributed by atoms with Gasteiger partial charge in [-0.2, -0.15) is 0 Å². The summed E-state index contributed by atoms with van der Waals surface area (Å²) in [4.78, 5) is 62.3. The summed E-state index contributed by atoms with van der Waals surface area (Å²) in [7, 11) is 0. The fourth-order valence-electron chi connectivity index (χ4n) is 4.33. The molecule has 1 aromatic carbocycles. The molecule has 200 valence electrons. The van der Waals surface area contributed by atoms with E-state index in [1.54, 1.807) is 6.92 Å². The van der Waals surface area contributed by atoms with E-state index in [-0.39, 0.29) is 31.3 Å². The van der Waals surface area contributed by atoms with Gasteiger partial charge >= 0.3 is 17.8 Å². The number of hydrogen-bond donors (Lipinski definition) is 4. The van der Waals surface area contributed by atoms with E-state index in [1.165, 1.54) is 12.2 Å². The van der Waals surface area contributed by atoms with Crippen LogP contribution in [0.3, 0.4) is 0 Å². The van der Waals surface area contributed by atoms with Crippen molar-refractivity contribution >= 4 is 29.6 Å². The van der Waals surface area contributed by atoms with Crippen LogP contribution in [0.5, 0.6) is 0 Å². The zero-order valence-corrected chi connectivity index (χ0v) is 21.2. The van der Waals surface area contributed by atoms with E-state index in [2.05, 4.69) is 21.3 Å². The molecular weight excluding hydrogens is 476 g/mol. The fraction of sp³-hybridized carbons (Fsp3) is 0.519. The summed E-state index contributed by atoms with van der Waals surface area (Å²) in [6.45, 7) is 2.88. The van der Waals surface area contributed by atoms with Gasteiger partial charge in [-0.25, -0.2) is 4.79 Å². The van der Waals surface area contributed by atoms with Crippen molar-refractivity contribution in [3.63, 3.8) is 0 Å². The van der Waals surface area contributed by atoms with Gasteiger partial charge in [0.15, 0.2) is 0 Å². The Bertz CT molecular complexity index is 992. The highest BCUT2D eigenvalue weighted by atomic mass is 16.5. The Labute approximate surface area is 217 Å². The van der Waals surface area contributed by atoms with Crippen molar-refractivity contribution in [2.24, 2.45) is 11.8 Å². The molecule has 4 N–H and O–H groups in total. The molecule has 1 aliphatic carbocycles. The molecule has 0 radical (unpaired) electrons. The Morgan fingerprint density at radius 2 is 1.84 bits per heavy atom. The Balaban J connectivity index is 1.70. The summed E-state index contributed by atoms with van der Waals surface area (Å²) >= 11 is 0. The van der Waals surface area contributed by atoms with Crippen LogP contribution >= 0.6 is 0 Å².